The molecule has 1 amide bonds. The number of hydrogen-bond donors (Lipinski definition) is 2. The van der Waals surface area contributed by atoms with Crippen molar-refractivity contribution in [1.29, 1.82) is 0 Å². The Labute approximate surface area is 133 Å². The second-order valence-corrected chi connectivity index (χ2v) is 5.57. The molecular weight excluding hydrogens is 298 g/mol. The lowest BCUT2D eigenvalue weighted by Gasteiger charge is -2.18. The Morgan fingerprint density at radius 1 is 1.30 bits per heavy atom. The molecule has 1 aromatic heterocycles. The Balaban J connectivity index is 1.76. The molecule has 0 spiro atoms. The quantitative estimate of drug-likeness (QED) is 0.855. The van der Waals surface area contributed by atoms with Crippen molar-refractivity contribution in [3.8, 4) is 5.75 Å². The number of rotatable bonds is 6. The highest BCUT2D eigenvalue weighted by Gasteiger charge is 2.34. The van der Waals surface area contributed by atoms with Crippen LogP contribution in [-0.4, -0.2) is 24.1 Å². The predicted octanol–water partition coefficient (Wildman–Crippen LogP) is 2.87. The molecule has 23 heavy (non-hydrogen) atoms. The molecule has 1 atom stereocenters. The van der Waals surface area contributed by atoms with Crippen molar-refractivity contribution in [2.75, 3.05) is 7.11 Å². The number of amides is 1. The van der Waals surface area contributed by atoms with Gasteiger partial charge in [-0.25, -0.2) is 4.79 Å². The number of hydrogen-bond acceptors (Lipinski definition) is 4. The van der Waals surface area contributed by atoms with Gasteiger partial charge < -0.3 is 19.6 Å². The van der Waals surface area contributed by atoms with Gasteiger partial charge in [0.25, 0.3) is 5.91 Å². The highest BCUT2D eigenvalue weighted by Crippen LogP contribution is 2.41. The zero-order valence-electron chi connectivity index (χ0n) is 12.6. The summed E-state index contributed by atoms with van der Waals surface area (Å²) in [6.45, 7) is 0. The Morgan fingerprint density at radius 3 is 2.52 bits per heavy atom. The van der Waals surface area contributed by atoms with Gasteiger partial charge in [-0.2, -0.15) is 0 Å². The van der Waals surface area contributed by atoms with Gasteiger partial charge in [0.1, 0.15) is 12.0 Å². The SMILES string of the molecule is COc1ccc(C(NC(=O)c2cc(C(=O)O)co2)C2CC2)cc1. The van der Waals surface area contributed by atoms with Crippen molar-refractivity contribution in [3.63, 3.8) is 0 Å². The van der Waals surface area contributed by atoms with E-state index in [1.54, 1.807) is 7.11 Å². The van der Waals surface area contributed by atoms with Gasteiger partial charge in [0.15, 0.2) is 5.76 Å². The summed E-state index contributed by atoms with van der Waals surface area (Å²) in [5.74, 6) is -0.388. The maximum Gasteiger partial charge on any atom is 0.338 e. The average Bonchev–Trinajstić information content (AvgIpc) is 3.27. The summed E-state index contributed by atoms with van der Waals surface area (Å²) in [5, 5.41) is 11.8. The first-order valence-electron chi connectivity index (χ1n) is 7.35. The third kappa shape index (κ3) is 3.36. The van der Waals surface area contributed by atoms with E-state index in [2.05, 4.69) is 5.32 Å². The minimum atomic E-state index is -1.12. The first kappa shape index (κ1) is 15.1. The number of methoxy groups -OCH3 is 1. The van der Waals surface area contributed by atoms with Crippen LogP contribution in [0.4, 0.5) is 0 Å². The van der Waals surface area contributed by atoms with Crippen LogP contribution < -0.4 is 10.1 Å². The summed E-state index contributed by atoms with van der Waals surface area (Å²) in [4.78, 5) is 23.2. The highest BCUT2D eigenvalue weighted by molar-refractivity contribution is 5.95. The van der Waals surface area contributed by atoms with Gasteiger partial charge >= 0.3 is 5.97 Å². The smallest absolute Gasteiger partial charge is 0.338 e. The molecule has 3 rings (SSSR count). The largest absolute Gasteiger partial charge is 0.497 e. The first-order chi connectivity index (χ1) is 11.1. The molecule has 0 bridgehead atoms. The summed E-state index contributed by atoms with van der Waals surface area (Å²) in [6, 6.07) is 8.67. The number of nitrogens with one attached hydrogen (secondary N) is 1. The number of carbonyl (C=O) groups is 2. The zero-order valence-corrected chi connectivity index (χ0v) is 12.6. The Hall–Kier alpha value is -2.76. The van der Waals surface area contributed by atoms with Crippen molar-refractivity contribution >= 4 is 11.9 Å². The van der Waals surface area contributed by atoms with Gasteiger partial charge in [-0.15, -0.1) is 0 Å². The van der Waals surface area contributed by atoms with Crippen LogP contribution in [0, 0.1) is 5.92 Å². The lowest BCUT2D eigenvalue weighted by molar-refractivity contribution is 0.0695. The second kappa shape index (κ2) is 6.16. The maximum absolute atomic E-state index is 12.3. The fourth-order valence-corrected chi connectivity index (χ4v) is 2.49. The van der Waals surface area contributed by atoms with E-state index < -0.39 is 11.9 Å². The average molecular weight is 315 g/mol. The van der Waals surface area contributed by atoms with E-state index in [0.717, 1.165) is 30.4 Å². The molecule has 0 aliphatic heterocycles. The molecule has 1 saturated carbocycles. The molecule has 2 N–H and O–H groups in total. The van der Waals surface area contributed by atoms with Crippen LogP contribution in [0.5, 0.6) is 5.75 Å². The van der Waals surface area contributed by atoms with E-state index in [-0.39, 0.29) is 17.4 Å². The molecule has 1 fully saturated rings. The van der Waals surface area contributed by atoms with Gasteiger partial charge in [-0.1, -0.05) is 12.1 Å². The monoisotopic (exact) mass is 315 g/mol. The predicted molar refractivity (Wildman–Crippen MR) is 81.6 cm³/mol. The van der Waals surface area contributed by atoms with E-state index in [9.17, 15) is 9.59 Å². The fraction of sp³-hybridized carbons (Fsp3) is 0.294. The fourth-order valence-electron chi connectivity index (χ4n) is 2.49. The molecule has 1 aromatic carbocycles. The summed E-state index contributed by atoms with van der Waals surface area (Å²) in [6.07, 6.45) is 3.17. The van der Waals surface area contributed by atoms with E-state index in [4.69, 9.17) is 14.3 Å². The minimum absolute atomic E-state index is 0.00145. The number of carboxylic acids is 1. The lowest BCUT2D eigenvalue weighted by atomic mass is 10.0. The molecule has 1 aliphatic carbocycles. The molecule has 6 nitrogen and oxygen atoms in total. The van der Waals surface area contributed by atoms with Gasteiger partial charge in [-0.05, 0) is 36.5 Å². The molecular formula is C17H17NO5. The topological polar surface area (TPSA) is 88.8 Å². The van der Waals surface area contributed by atoms with Crippen LogP contribution in [-0.2, 0) is 0 Å². The Kier molecular flexibility index (Phi) is 4.06. The standard InChI is InChI=1S/C17H17NO5/c1-22-13-6-4-11(5-7-13)15(10-2-3-10)18-16(19)14-8-12(9-23-14)17(20)21/h4-10,15H,2-3H2,1H3,(H,18,19)(H,20,21). The molecule has 0 saturated heterocycles. The van der Waals surface area contributed by atoms with Crippen LogP contribution in [0.25, 0.3) is 0 Å². The normalized spacial score (nSPS) is 15.0. The van der Waals surface area contributed by atoms with Gasteiger partial charge in [-0.3, -0.25) is 4.79 Å². The van der Waals surface area contributed by atoms with E-state index in [1.807, 2.05) is 24.3 Å². The van der Waals surface area contributed by atoms with Crippen LogP contribution in [0.1, 0.15) is 45.4 Å². The number of carboxylic acid groups (broad SMARTS) is 1. The molecule has 1 aliphatic rings. The zero-order chi connectivity index (χ0) is 16.4. The van der Waals surface area contributed by atoms with E-state index in [1.165, 1.54) is 6.07 Å². The maximum atomic E-state index is 12.3. The first-order valence-corrected chi connectivity index (χ1v) is 7.35. The number of carbonyl (C=O) groups excluding carboxylic acids is 1. The summed E-state index contributed by atoms with van der Waals surface area (Å²) in [7, 11) is 1.60. The number of furan rings is 1. The summed E-state index contributed by atoms with van der Waals surface area (Å²) < 4.78 is 10.2. The summed E-state index contributed by atoms with van der Waals surface area (Å²) in [5.41, 5.74) is 0.953. The minimum Gasteiger partial charge on any atom is -0.497 e. The van der Waals surface area contributed by atoms with Crippen LogP contribution in [0.15, 0.2) is 41.0 Å². The van der Waals surface area contributed by atoms with Gasteiger partial charge in [0.05, 0.1) is 18.7 Å². The third-order valence-electron chi connectivity index (χ3n) is 3.93. The van der Waals surface area contributed by atoms with E-state index in [0.29, 0.717) is 5.92 Å². The van der Waals surface area contributed by atoms with Crippen molar-refractivity contribution < 1.29 is 23.8 Å². The lowest BCUT2D eigenvalue weighted by Crippen LogP contribution is -2.29. The van der Waals surface area contributed by atoms with Crippen molar-refractivity contribution in [3.05, 3.63) is 53.5 Å². The summed E-state index contributed by atoms with van der Waals surface area (Å²) >= 11 is 0. The number of aromatic carboxylic acids is 1. The molecule has 6 heteroatoms. The Morgan fingerprint density at radius 2 is 2.00 bits per heavy atom. The van der Waals surface area contributed by atoms with Gasteiger partial charge in [0, 0.05) is 6.07 Å². The van der Waals surface area contributed by atoms with Crippen LogP contribution >= 0.6 is 0 Å². The number of ether oxygens (including phenoxy) is 1. The van der Waals surface area contributed by atoms with Crippen molar-refractivity contribution in [2.24, 2.45) is 5.92 Å². The molecule has 2 aromatic rings. The number of benzene rings is 1. The van der Waals surface area contributed by atoms with E-state index >= 15 is 0 Å². The molecule has 0 radical (unpaired) electrons. The molecule has 120 valence electrons. The third-order valence-corrected chi connectivity index (χ3v) is 3.93. The van der Waals surface area contributed by atoms with Gasteiger partial charge in [0.2, 0.25) is 0 Å². The molecule has 1 unspecified atom stereocenters. The highest BCUT2D eigenvalue weighted by atomic mass is 16.5. The van der Waals surface area contributed by atoms with Crippen LogP contribution in [0.3, 0.4) is 0 Å². The Bertz CT molecular complexity index is 715. The van der Waals surface area contributed by atoms with Crippen LogP contribution in [0.2, 0.25) is 0 Å². The molecule has 1 heterocycles. The van der Waals surface area contributed by atoms with Crippen molar-refractivity contribution in [1.82, 2.24) is 5.32 Å². The van der Waals surface area contributed by atoms with Crippen molar-refractivity contribution in [2.45, 2.75) is 18.9 Å². The second-order valence-electron chi connectivity index (χ2n) is 5.57.